The summed E-state index contributed by atoms with van der Waals surface area (Å²) in [6, 6.07) is -0.545. The number of rotatable bonds is 37. The van der Waals surface area contributed by atoms with Crippen molar-refractivity contribution in [2.24, 2.45) is 0 Å². The molecule has 0 aliphatic carbocycles. The smallest absolute Gasteiger partial charge is 0.220 e. The predicted molar refractivity (Wildman–Crippen MR) is 211 cm³/mol. The first-order chi connectivity index (χ1) is 23.7. The van der Waals surface area contributed by atoms with Crippen LogP contribution in [0.2, 0.25) is 0 Å². The highest BCUT2D eigenvalue weighted by molar-refractivity contribution is 5.76. The third kappa shape index (κ3) is 35.7. The number of carbonyl (C=O) groups is 1. The minimum absolute atomic E-state index is 0.0464. The molecule has 2 atom stereocenters. The van der Waals surface area contributed by atoms with Gasteiger partial charge in [0.15, 0.2) is 0 Å². The van der Waals surface area contributed by atoms with Crippen molar-refractivity contribution in [3.63, 3.8) is 0 Å². The molecule has 4 heteroatoms. The summed E-state index contributed by atoms with van der Waals surface area (Å²) in [5.41, 5.74) is 0. The molecule has 0 saturated heterocycles. The molecule has 0 rings (SSSR count). The normalized spacial score (nSPS) is 13.5. The average Bonchev–Trinajstić information content (AvgIpc) is 3.09. The molecule has 0 heterocycles. The quantitative estimate of drug-likeness (QED) is 0.0455. The van der Waals surface area contributed by atoms with Gasteiger partial charge in [0, 0.05) is 6.42 Å². The molecule has 0 aliphatic heterocycles. The van der Waals surface area contributed by atoms with E-state index in [0.29, 0.717) is 12.8 Å². The van der Waals surface area contributed by atoms with Gasteiger partial charge in [-0.1, -0.05) is 197 Å². The van der Waals surface area contributed by atoms with Crippen LogP contribution in [0.3, 0.4) is 0 Å². The molecule has 1 amide bonds. The van der Waals surface area contributed by atoms with Crippen molar-refractivity contribution in [3.05, 3.63) is 48.6 Å². The molecule has 0 fully saturated rings. The maximum atomic E-state index is 12.4. The third-order valence-electron chi connectivity index (χ3n) is 9.35. The monoisotopic (exact) mass is 672 g/mol. The highest BCUT2D eigenvalue weighted by Gasteiger charge is 2.19. The van der Waals surface area contributed by atoms with Crippen molar-refractivity contribution in [2.45, 2.75) is 219 Å². The lowest BCUT2D eigenvalue weighted by Gasteiger charge is -2.22. The number of hydrogen-bond donors (Lipinski definition) is 3. The van der Waals surface area contributed by atoms with E-state index in [1.165, 1.54) is 116 Å². The van der Waals surface area contributed by atoms with E-state index in [4.69, 9.17) is 0 Å². The predicted octanol–water partition coefficient (Wildman–Crippen LogP) is 12.8. The van der Waals surface area contributed by atoms with Crippen molar-refractivity contribution in [1.29, 1.82) is 0 Å². The molecular weight excluding hydrogens is 590 g/mol. The number of aliphatic hydroxyl groups excluding tert-OH is 2. The molecular formula is C44H81NO3. The number of nitrogens with one attached hydrogen (secondary N) is 1. The van der Waals surface area contributed by atoms with E-state index in [0.717, 1.165) is 64.2 Å². The topological polar surface area (TPSA) is 69.6 Å². The summed E-state index contributed by atoms with van der Waals surface area (Å²) in [7, 11) is 0. The van der Waals surface area contributed by atoms with Gasteiger partial charge in [-0.2, -0.15) is 0 Å². The van der Waals surface area contributed by atoms with Crippen molar-refractivity contribution in [1.82, 2.24) is 5.32 Å². The Kier molecular flexibility index (Phi) is 38.4. The lowest BCUT2D eigenvalue weighted by atomic mass is 10.0. The largest absolute Gasteiger partial charge is 0.394 e. The Morgan fingerprint density at radius 3 is 1.38 bits per heavy atom. The van der Waals surface area contributed by atoms with E-state index in [-0.39, 0.29) is 12.5 Å². The number of hydrogen-bond acceptors (Lipinski definition) is 3. The van der Waals surface area contributed by atoms with Crippen LogP contribution in [0.1, 0.15) is 206 Å². The standard InChI is InChI=1S/C44H81NO3/c1-3-5-7-9-11-13-15-17-19-21-22-24-26-28-30-32-34-36-38-40-44(48)45-42(41-46)43(47)39-37-35-33-31-29-27-25-23-20-18-16-14-12-10-8-6-4-2/h5,7,11,13,17,19,22,24,42-43,46-47H,3-4,6,8-10,12,14-16,18,20-21,23,25-41H2,1-2H3,(H,45,48)/b7-5-,13-11-,19-17-,24-22-. The summed E-state index contributed by atoms with van der Waals surface area (Å²) in [6.07, 6.45) is 53.2. The van der Waals surface area contributed by atoms with E-state index in [1.54, 1.807) is 0 Å². The van der Waals surface area contributed by atoms with E-state index in [9.17, 15) is 15.0 Å². The summed E-state index contributed by atoms with van der Waals surface area (Å²) < 4.78 is 0. The fourth-order valence-electron chi connectivity index (χ4n) is 6.17. The molecule has 3 N–H and O–H groups in total. The number of carbonyl (C=O) groups excluding carboxylic acids is 1. The fourth-order valence-corrected chi connectivity index (χ4v) is 6.17. The Balaban J connectivity index is 3.58. The van der Waals surface area contributed by atoms with Crippen LogP contribution in [0.4, 0.5) is 0 Å². The molecule has 4 nitrogen and oxygen atoms in total. The first-order valence-electron chi connectivity index (χ1n) is 20.8. The summed E-state index contributed by atoms with van der Waals surface area (Å²) in [4.78, 5) is 12.4. The van der Waals surface area contributed by atoms with Gasteiger partial charge >= 0.3 is 0 Å². The first-order valence-corrected chi connectivity index (χ1v) is 20.8. The Hall–Kier alpha value is -1.65. The van der Waals surface area contributed by atoms with Crippen molar-refractivity contribution in [3.8, 4) is 0 Å². The zero-order valence-corrected chi connectivity index (χ0v) is 32.0. The van der Waals surface area contributed by atoms with Crippen LogP contribution in [0, 0.1) is 0 Å². The molecule has 48 heavy (non-hydrogen) atoms. The Labute approximate surface area is 299 Å². The highest BCUT2D eigenvalue weighted by Crippen LogP contribution is 2.15. The van der Waals surface area contributed by atoms with Crippen molar-refractivity contribution in [2.75, 3.05) is 6.61 Å². The van der Waals surface area contributed by atoms with Gasteiger partial charge in [-0.15, -0.1) is 0 Å². The zero-order chi connectivity index (χ0) is 35.0. The maximum absolute atomic E-state index is 12.4. The number of unbranched alkanes of at least 4 members (excludes halogenated alkanes) is 22. The molecule has 0 aromatic heterocycles. The Morgan fingerprint density at radius 2 is 0.917 bits per heavy atom. The van der Waals surface area contributed by atoms with Crippen LogP contribution in [-0.4, -0.2) is 34.9 Å². The highest BCUT2D eigenvalue weighted by atomic mass is 16.3. The molecule has 0 bridgehead atoms. The first kappa shape index (κ1) is 46.4. The van der Waals surface area contributed by atoms with Crippen LogP contribution < -0.4 is 5.32 Å². The Bertz CT molecular complexity index is 771. The Morgan fingerprint density at radius 1 is 0.521 bits per heavy atom. The second-order valence-electron chi connectivity index (χ2n) is 14.0. The summed E-state index contributed by atoms with van der Waals surface area (Å²) >= 11 is 0. The van der Waals surface area contributed by atoms with Gasteiger partial charge < -0.3 is 15.5 Å². The lowest BCUT2D eigenvalue weighted by molar-refractivity contribution is -0.123. The summed E-state index contributed by atoms with van der Waals surface area (Å²) in [5, 5.41) is 23.1. The summed E-state index contributed by atoms with van der Waals surface area (Å²) in [5.74, 6) is -0.0464. The van der Waals surface area contributed by atoms with E-state index in [1.807, 2.05) is 0 Å². The zero-order valence-electron chi connectivity index (χ0n) is 32.0. The maximum Gasteiger partial charge on any atom is 0.220 e. The fraction of sp³-hybridized carbons (Fsp3) is 0.795. The molecule has 0 aromatic carbocycles. The molecule has 0 aliphatic rings. The van der Waals surface area contributed by atoms with Gasteiger partial charge in [0.1, 0.15) is 0 Å². The number of amides is 1. The molecule has 2 unspecified atom stereocenters. The summed E-state index contributed by atoms with van der Waals surface area (Å²) in [6.45, 7) is 4.24. The van der Waals surface area contributed by atoms with Gasteiger partial charge in [-0.3, -0.25) is 4.79 Å². The average molecular weight is 672 g/mol. The van der Waals surface area contributed by atoms with Crippen LogP contribution in [-0.2, 0) is 4.79 Å². The SMILES string of the molecule is CC/C=C\C/C=C\C/C=C\C/C=C\CCCCCCCCC(=O)NC(CO)C(O)CCCCCCCCCCCCCCCCCCC. The van der Waals surface area contributed by atoms with E-state index in [2.05, 4.69) is 67.8 Å². The van der Waals surface area contributed by atoms with Crippen LogP contribution in [0.5, 0.6) is 0 Å². The second kappa shape index (κ2) is 39.8. The van der Waals surface area contributed by atoms with Gasteiger partial charge in [0.25, 0.3) is 0 Å². The van der Waals surface area contributed by atoms with E-state index < -0.39 is 12.1 Å². The van der Waals surface area contributed by atoms with Gasteiger partial charge in [0.05, 0.1) is 18.8 Å². The minimum atomic E-state index is -0.666. The van der Waals surface area contributed by atoms with Crippen LogP contribution in [0.15, 0.2) is 48.6 Å². The van der Waals surface area contributed by atoms with Crippen molar-refractivity contribution < 1.29 is 15.0 Å². The van der Waals surface area contributed by atoms with E-state index >= 15 is 0 Å². The lowest BCUT2D eigenvalue weighted by Crippen LogP contribution is -2.45. The van der Waals surface area contributed by atoms with Crippen LogP contribution >= 0.6 is 0 Å². The van der Waals surface area contributed by atoms with Gasteiger partial charge in [0.2, 0.25) is 5.91 Å². The number of allylic oxidation sites excluding steroid dienone is 8. The molecule has 0 saturated carbocycles. The number of aliphatic hydroxyl groups is 2. The third-order valence-corrected chi connectivity index (χ3v) is 9.35. The molecule has 0 aromatic rings. The molecule has 0 spiro atoms. The van der Waals surface area contributed by atoms with Gasteiger partial charge in [-0.25, -0.2) is 0 Å². The molecule has 280 valence electrons. The van der Waals surface area contributed by atoms with Gasteiger partial charge in [-0.05, 0) is 51.4 Å². The van der Waals surface area contributed by atoms with Crippen LogP contribution in [0.25, 0.3) is 0 Å². The molecule has 0 radical (unpaired) electrons. The second-order valence-corrected chi connectivity index (χ2v) is 14.0. The van der Waals surface area contributed by atoms with Crippen molar-refractivity contribution >= 4 is 5.91 Å². The minimum Gasteiger partial charge on any atom is -0.394 e.